The average molecular weight is 283 g/mol. The molecule has 0 aliphatic carbocycles. The quantitative estimate of drug-likeness (QED) is 0.664. The fourth-order valence-corrected chi connectivity index (χ4v) is 2.12. The van der Waals surface area contributed by atoms with Crippen molar-refractivity contribution in [3.8, 4) is 0 Å². The van der Waals surface area contributed by atoms with Crippen molar-refractivity contribution in [2.75, 3.05) is 0 Å². The molecule has 0 saturated carbocycles. The van der Waals surface area contributed by atoms with Gasteiger partial charge in [-0.3, -0.25) is 0 Å². The lowest BCUT2D eigenvalue weighted by molar-refractivity contribution is 0.562. The molecule has 0 spiro atoms. The maximum Gasteiger partial charge on any atom is 0.0168 e. The molecule has 1 rings (SSSR count). The van der Waals surface area contributed by atoms with E-state index in [4.69, 9.17) is 0 Å². The zero-order valence-corrected chi connectivity index (χ0v) is 12.5. The monoisotopic (exact) mass is 282 g/mol. The molecule has 1 atom stereocenters. The Morgan fingerprint density at radius 1 is 1.12 bits per heavy atom. The van der Waals surface area contributed by atoms with E-state index in [1.807, 2.05) is 0 Å². The lowest BCUT2D eigenvalue weighted by Gasteiger charge is -2.13. The zero-order chi connectivity index (χ0) is 12.1. The first-order chi connectivity index (χ1) is 7.50. The molecule has 0 aliphatic rings. The van der Waals surface area contributed by atoms with E-state index in [9.17, 15) is 0 Å². The Morgan fingerprint density at radius 3 is 2.38 bits per heavy atom. The molecule has 0 saturated heterocycles. The van der Waals surface area contributed by atoms with E-state index in [1.165, 1.54) is 36.0 Å². The number of hydrogen-bond acceptors (Lipinski definition) is 0. The molecular formula is C15H23Br. The molecule has 0 radical (unpaired) electrons. The third-order valence-corrected chi connectivity index (χ3v) is 4.76. The van der Waals surface area contributed by atoms with Crippen LogP contribution in [0.5, 0.6) is 0 Å². The molecule has 1 aromatic rings. The molecule has 1 heteroatoms. The minimum atomic E-state index is 0.666. The van der Waals surface area contributed by atoms with Gasteiger partial charge in [0.2, 0.25) is 0 Å². The Bertz CT molecular complexity index is 328. The van der Waals surface area contributed by atoms with Crippen molar-refractivity contribution in [3.05, 3.63) is 34.9 Å². The van der Waals surface area contributed by atoms with Crippen LogP contribution in [0.25, 0.3) is 0 Å². The molecule has 0 heterocycles. The Morgan fingerprint density at radius 2 is 1.81 bits per heavy atom. The summed E-state index contributed by atoms with van der Waals surface area (Å²) in [5, 5.41) is 0. The molecule has 16 heavy (non-hydrogen) atoms. The van der Waals surface area contributed by atoms with Crippen LogP contribution in [0.3, 0.4) is 0 Å². The smallest absolute Gasteiger partial charge is 0.0168 e. The van der Waals surface area contributed by atoms with Gasteiger partial charge in [0.25, 0.3) is 0 Å². The van der Waals surface area contributed by atoms with Gasteiger partial charge in [0, 0.05) is 4.83 Å². The van der Waals surface area contributed by atoms with Crippen molar-refractivity contribution in [2.24, 2.45) is 5.92 Å². The average Bonchev–Trinajstić information content (AvgIpc) is 2.23. The van der Waals surface area contributed by atoms with Crippen LogP contribution < -0.4 is 0 Å². The second-order valence-corrected chi connectivity index (χ2v) is 6.25. The number of benzene rings is 1. The van der Waals surface area contributed by atoms with E-state index >= 15 is 0 Å². The first kappa shape index (κ1) is 13.8. The largest absolute Gasteiger partial charge is 0.0888 e. The predicted octanol–water partition coefficient (Wildman–Crippen LogP) is 5.05. The third-order valence-electron chi connectivity index (χ3n) is 3.24. The highest BCUT2D eigenvalue weighted by molar-refractivity contribution is 9.09. The molecule has 0 nitrogen and oxygen atoms in total. The van der Waals surface area contributed by atoms with Crippen LogP contribution in [-0.4, -0.2) is 4.83 Å². The van der Waals surface area contributed by atoms with Crippen LogP contribution in [0.1, 0.15) is 43.4 Å². The summed E-state index contributed by atoms with van der Waals surface area (Å²) < 4.78 is 0. The van der Waals surface area contributed by atoms with Crippen molar-refractivity contribution in [1.29, 1.82) is 0 Å². The van der Waals surface area contributed by atoms with Crippen molar-refractivity contribution < 1.29 is 0 Å². The number of aryl methyl sites for hydroxylation is 3. The van der Waals surface area contributed by atoms with Gasteiger partial charge in [-0.25, -0.2) is 0 Å². The summed E-state index contributed by atoms with van der Waals surface area (Å²) in [5.74, 6) is 0.736. The second-order valence-electron chi connectivity index (χ2n) is 5.07. The van der Waals surface area contributed by atoms with Crippen LogP contribution in [0.15, 0.2) is 18.2 Å². The predicted molar refractivity (Wildman–Crippen MR) is 76.4 cm³/mol. The minimum Gasteiger partial charge on any atom is -0.0888 e. The minimum absolute atomic E-state index is 0.666. The summed E-state index contributed by atoms with van der Waals surface area (Å²) in [5.41, 5.74) is 4.28. The van der Waals surface area contributed by atoms with Crippen LogP contribution in [0.2, 0.25) is 0 Å². The molecule has 90 valence electrons. The van der Waals surface area contributed by atoms with Crippen LogP contribution >= 0.6 is 15.9 Å². The molecule has 0 amide bonds. The highest BCUT2D eigenvalue weighted by Crippen LogP contribution is 2.19. The standard InChI is InChI=1S/C15H23Br/c1-11(2)15(16)7-5-6-14-9-8-12(3)13(4)10-14/h8-11,15H,5-7H2,1-4H3. The van der Waals surface area contributed by atoms with E-state index in [1.54, 1.807) is 0 Å². The fourth-order valence-electron chi connectivity index (χ4n) is 1.79. The van der Waals surface area contributed by atoms with Gasteiger partial charge in [-0.05, 0) is 55.7 Å². The molecule has 0 fully saturated rings. The van der Waals surface area contributed by atoms with Crippen molar-refractivity contribution in [1.82, 2.24) is 0 Å². The summed E-state index contributed by atoms with van der Waals surface area (Å²) in [7, 11) is 0. The number of alkyl halides is 1. The summed E-state index contributed by atoms with van der Waals surface area (Å²) in [6.45, 7) is 8.91. The van der Waals surface area contributed by atoms with Gasteiger partial charge in [0.05, 0.1) is 0 Å². The zero-order valence-electron chi connectivity index (χ0n) is 10.9. The van der Waals surface area contributed by atoms with Gasteiger partial charge in [0.1, 0.15) is 0 Å². The van der Waals surface area contributed by atoms with Crippen LogP contribution in [0.4, 0.5) is 0 Å². The van der Waals surface area contributed by atoms with Gasteiger partial charge in [-0.1, -0.05) is 48.0 Å². The third kappa shape index (κ3) is 4.29. The van der Waals surface area contributed by atoms with E-state index < -0.39 is 0 Å². The molecule has 0 aliphatic heterocycles. The van der Waals surface area contributed by atoms with Crippen molar-refractivity contribution in [3.63, 3.8) is 0 Å². The van der Waals surface area contributed by atoms with Gasteiger partial charge in [-0.2, -0.15) is 0 Å². The van der Waals surface area contributed by atoms with Crippen LogP contribution in [-0.2, 0) is 6.42 Å². The Kier molecular flexibility index (Phi) is 5.54. The number of halogens is 1. The molecule has 1 unspecified atom stereocenters. The lowest BCUT2D eigenvalue weighted by atomic mass is 10.00. The molecule has 0 bridgehead atoms. The number of rotatable bonds is 5. The van der Waals surface area contributed by atoms with E-state index in [-0.39, 0.29) is 0 Å². The maximum absolute atomic E-state index is 3.74. The van der Waals surface area contributed by atoms with Gasteiger partial charge in [0.15, 0.2) is 0 Å². The fraction of sp³-hybridized carbons (Fsp3) is 0.600. The van der Waals surface area contributed by atoms with E-state index in [2.05, 4.69) is 61.8 Å². The summed E-state index contributed by atoms with van der Waals surface area (Å²) in [4.78, 5) is 0.666. The normalized spacial score (nSPS) is 13.1. The molecule has 0 aromatic heterocycles. The molecular weight excluding hydrogens is 260 g/mol. The summed E-state index contributed by atoms with van der Waals surface area (Å²) >= 11 is 3.74. The Balaban J connectivity index is 2.40. The van der Waals surface area contributed by atoms with Gasteiger partial charge >= 0.3 is 0 Å². The highest BCUT2D eigenvalue weighted by Gasteiger charge is 2.08. The first-order valence-electron chi connectivity index (χ1n) is 6.21. The van der Waals surface area contributed by atoms with E-state index in [0.29, 0.717) is 4.83 Å². The molecule has 0 N–H and O–H groups in total. The Hall–Kier alpha value is -0.300. The second kappa shape index (κ2) is 6.44. The summed E-state index contributed by atoms with van der Waals surface area (Å²) in [6.07, 6.45) is 3.75. The topological polar surface area (TPSA) is 0 Å². The van der Waals surface area contributed by atoms with Gasteiger partial charge in [-0.15, -0.1) is 0 Å². The highest BCUT2D eigenvalue weighted by atomic mass is 79.9. The molecule has 1 aromatic carbocycles. The van der Waals surface area contributed by atoms with Crippen molar-refractivity contribution in [2.45, 2.75) is 51.8 Å². The van der Waals surface area contributed by atoms with Gasteiger partial charge < -0.3 is 0 Å². The van der Waals surface area contributed by atoms with Crippen LogP contribution in [0, 0.1) is 19.8 Å². The van der Waals surface area contributed by atoms with Crippen molar-refractivity contribution >= 4 is 15.9 Å². The number of hydrogen-bond donors (Lipinski definition) is 0. The Labute approximate surface area is 109 Å². The SMILES string of the molecule is Cc1ccc(CCCC(Br)C(C)C)cc1C. The first-order valence-corrected chi connectivity index (χ1v) is 7.12. The maximum atomic E-state index is 3.74. The summed E-state index contributed by atoms with van der Waals surface area (Å²) in [6, 6.07) is 6.83. The lowest BCUT2D eigenvalue weighted by Crippen LogP contribution is -2.07. The van der Waals surface area contributed by atoms with E-state index in [0.717, 1.165) is 5.92 Å².